The van der Waals surface area contributed by atoms with Gasteiger partial charge in [0, 0.05) is 25.6 Å². The third kappa shape index (κ3) is 8.18. The minimum atomic E-state index is 0.150. The van der Waals surface area contributed by atoms with Gasteiger partial charge in [-0.3, -0.25) is 4.79 Å². The number of hydrogen-bond acceptors (Lipinski definition) is 4. The van der Waals surface area contributed by atoms with Crippen LogP contribution in [0.4, 0.5) is 0 Å². The van der Waals surface area contributed by atoms with Crippen molar-refractivity contribution in [1.29, 1.82) is 0 Å². The topological polar surface area (TPSA) is 67.6 Å². The summed E-state index contributed by atoms with van der Waals surface area (Å²) in [4.78, 5) is 13.8. The van der Waals surface area contributed by atoms with Crippen molar-refractivity contribution in [3.05, 3.63) is 0 Å². The van der Waals surface area contributed by atoms with Gasteiger partial charge in [0.15, 0.2) is 0 Å². The van der Waals surface area contributed by atoms with Crippen LogP contribution < -0.4 is 11.1 Å². The van der Waals surface area contributed by atoms with E-state index in [-0.39, 0.29) is 5.91 Å². The zero-order chi connectivity index (χ0) is 14.1. The average Bonchev–Trinajstić information content (AvgIpc) is 2.36. The van der Waals surface area contributed by atoms with Gasteiger partial charge in [-0.15, -0.1) is 0 Å². The lowest BCUT2D eigenvalue weighted by Crippen LogP contribution is -2.32. The molecule has 0 aliphatic heterocycles. The maximum atomic E-state index is 11.7. The average molecular weight is 271 g/mol. The molecular formula is C14H29N3O2. The first-order valence-electron chi connectivity index (χ1n) is 7.32. The molecule has 0 heterocycles. The maximum Gasteiger partial charge on any atom is 0.220 e. The van der Waals surface area contributed by atoms with E-state index in [1.54, 1.807) is 0 Å². The van der Waals surface area contributed by atoms with Crippen LogP contribution in [0.15, 0.2) is 0 Å². The summed E-state index contributed by atoms with van der Waals surface area (Å²) in [6, 6.07) is 0.351. The van der Waals surface area contributed by atoms with Crippen molar-refractivity contribution < 1.29 is 9.53 Å². The third-order valence-electron chi connectivity index (χ3n) is 3.62. The van der Waals surface area contributed by atoms with E-state index in [2.05, 4.69) is 10.2 Å². The van der Waals surface area contributed by atoms with Crippen LogP contribution in [0.2, 0.25) is 0 Å². The van der Waals surface area contributed by atoms with E-state index in [9.17, 15) is 4.79 Å². The first-order valence-corrected chi connectivity index (χ1v) is 7.32. The number of nitrogens with zero attached hydrogens (tertiary/aromatic N) is 1. The Kier molecular flexibility index (Phi) is 8.02. The van der Waals surface area contributed by atoms with Crippen LogP contribution in [0.25, 0.3) is 0 Å². The van der Waals surface area contributed by atoms with Crippen molar-refractivity contribution in [2.24, 2.45) is 11.7 Å². The number of carbonyl (C=O) groups excluding carboxylic acids is 1. The molecule has 0 aromatic heterocycles. The number of rotatable bonds is 8. The molecule has 0 saturated heterocycles. The molecule has 1 aliphatic carbocycles. The lowest BCUT2D eigenvalue weighted by molar-refractivity contribution is -0.122. The van der Waals surface area contributed by atoms with Crippen molar-refractivity contribution in [1.82, 2.24) is 10.2 Å². The Hall–Kier alpha value is -0.650. The van der Waals surface area contributed by atoms with Crippen molar-refractivity contribution >= 4 is 5.91 Å². The van der Waals surface area contributed by atoms with E-state index < -0.39 is 0 Å². The Morgan fingerprint density at radius 3 is 2.58 bits per heavy atom. The predicted molar refractivity (Wildman–Crippen MR) is 76.9 cm³/mol. The Morgan fingerprint density at radius 2 is 1.95 bits per heavy atom. The van der Waals surface area contributed by atoms with Gasteiger partial charge in [-0.05, 0) is 45.7 Å². The Morgan fingerprint density at radius 1 is 1.26 bits per heavy atom. The van der Waals surface area contributed by atoms with Crippen LogP contribution in [0.1, 0.15) is 32.1 Å². The number of likely N-dealkylation sites (N-methyl/N-ethyl adjacent to an activating group) is 1. The SMILES string of the molecule is CN(C)CCOCCNC(=O)CC1CCC(N)CC1. The molecule has 1 fully saturated rings. The summed E-state index contributed by atoms with van der Waals surface area (Å²) >= 11 is 0. The second kappa shape index (κ2) is 9.28. The molecule has 5 heteroatoms. The molecule has 1 aliphatic rings. The molecule has 112 valence electrons. The first-order chi connectivity index (χ1) is 9.08. The highest BCUT2D eigenvalue weighted by atomic mass is 16.5. The van der Waals surface area contributed by atoms with E-state index in [1.165, 1.54) is 0 Å². The fourth-order valence-corrected chi connectivity index (χ4v) is 2.34. The fourth-order valence-electron chi connectivity index (χ4n) is 2.34. The van der Waals surface area contributed by atoms with Crippen molar-refractivity contribution in [3.63, 3.8) is 0 Å². The monoisotopic (exact) mass is 271 g/mol. The van der Waals surface area contributed by atoms with Crippen LogP contribution in [0.3, 0.4) is 0 Å². The molecule has 19 heavy (non-hydrogen) atoms. The van der Waals surface area contributed by atoms with Gasteiger partial charge >= 0.3 is 0 Å². The van der Waals surface area contributed by atoms with Gasteiger partial charge in [-0.2, -0.15) is 0 Å². The van der Waals surface area contributed by atoms with Crippen LogP contribution in [-0.2, 0) is 9.53 Å². The molecule has 1 amide bonds. The number of hydrogen-bond donors (Lipinski definition) is 2. The molecule has 0 radical (unpaired) electrons. The smallest absolute Gasteiger partial charge is 0.220 e. The van der Waals surface area contributed by atoms with Gasteiger partial charge in [-0.25, -0.2) is 0 Å². The van der Waals surface area contributed by atoms with Crippen LogP contribution >= 0.6 is 0 Å². The summed E-state index contributed by atoms with van der Waals surface area (Å²) in [6.45, 7) is 2.83. The second-order valence-corrected chi connectivity index (χ2v) is 5.75. The zero-order valence-electron chi connectivity index (χ0n) is 12.4. The van der Waals surface area contributed by atoms with E-state index in [0.29, 0.717) is 38.1 Å². The molecule has 0 unspecified atom stereocenters. The Bertz CT molecular complexity index is 251. The minimum absolute atomic E-state index is 0.150. The number of nitrogens with two attached hydrogens (primary N) is 1. The number of ether oxygens (including phenoxy) is 1. The number of amides is 1. The zero-order valence-corrected chi connectivity index (χ0v) is 12.4. The van der Waals surface area contributed by atoms with Crippen LogP contribution in [-0.4, -0.2) is 57.2 Å². The van der Waals surface area contributed by atoms with E-state index in [4.69, 9.17) is 10.5 Å². The molecule has 3 N–H and O–H groups in total. The highest BCUT2D eigenvalue weighted by Crippen LogP contribution is 2.25. The summed E-state index contributed by atoms with van der Waals surface area (Å²) < 4.78 is 5.43. The molecule has 0 aromatic carbocycles. The second-order valence-electron chi connectivity index (χ2n) is 5.75. The fraction of sp³-hybridized carbons (Fsp3) is 0.929. The highest BCUT2D eigenvalue weighted by molar-refractivity contribution is 5.76. The summed E-state index contributed by atoms with van der Waals surface area (Å²) in [5.41, 5.74) is 5.86. The summed E-state index contributed by atoms with van der Waals surface area (Å²) in [5.74, 6) is 0.672. The third-order valence-corrected chi connectivity index (χ3v) is 3.62. The highest BCUT2D eigenvalue weighted by Gasteiger charge is 2.20. The van der Waals surface area contributed by atoms with E-state index in [0.717, 1.165) is 32.2 Å². The van der Waals surface area contributed by atoms with Crippen molar-refractivity contribution in [3.8, 4) is 0 Å². The molecular weight excluding hydrogens is 242 g/mol. The largest absolute Gasteiger partial charge is 0.378 e. The first kappa shape index (κ1) is 16.4. The van der Waals surface area contributed by atoms with Gasteiger partial charge in [0.2, 0.25) is 5.91 Å². The van der Waals surface area contributed by atoms with Crippen molar-refractivity contribution in [2.75, 3.05) is 40.4 Å². The van der Waals surface area contributed by atoms with Gasteiger partial charge in [0.25, 0.3) is 0 Å². The number of nitrogens with one attached hydrogen (secondary N) is 1. The molecule has 0 aromatic rings. The summed E-state index contributed by atoms with van der Waals surface area (Å²) in [6.07, 6.45) is 4.95. The van der Waals surface area contributed by atoms with E-state index >= 15 is 0 Å². The van der Waals surface area contributed by atoms with Gasteiger partial charge in [0.05, 0.1) is 13.2 Å². The standard InChI is InChI=1S/C14H29N3O2/c1-17(2)8-10-19-9-7-16-14(18)11-12-3-5-13(15)6-4-12/h12-13H,3-11,15H2,1-2H3,(H,16,18). The van der Waals surface area contributed by atoms with E-state index in [1.807, 2.05) is 14.1 Å². The van der Waals surface area contributed by atoms with Crippen LogP contribution in [0.5, 0.6) is 0 Å². The van der Waals surface area contributed by atoms with Gasteiger partial charge in [-0.1, -0.05) is 0 Å². The Balaban J connectivity index is 1.96. The Labute approximate surface area is 116 Å². The summed E-state index contributed by atoms with van der Waals surface area (Å²) in [7, 11) is 4.03. The van der Waals surface area contributed by atoms with Crippen LogP contribution in [0, 0.1) is 5.92 Å². The molecule has 0 atom stereocenters. The molecule has 0 spiro atoms. The summed E-state index contributed by atoms with van der Waals surface area (Å²) in [5, 5.41) is 2.92. The predicted octanol–water partition coefficient (Wildman–Crippen LogP) is 0.588. The molecule has 0 bridgehead atoms. The van der Waals surface area contributed by atoms with Crippen molar-refractivity contribution in [2.45, 2.75) is 38.1 Å². The lowest BCUT2D eigenvalue weighted by Gasteiger charge is -2.25. The van der Waals surface area contributed by atoms with Gasteiger partial charge in [0.1, 0.15) is 0 Å². The normalized spacial score (nSPS) is 23.6. The minimum Gasteiger partial charge on any atom is -0.378 e. The molecule has 5 nitrogen and oxygen atoms in total. The molecule has 1 rings (SSSR count). The number of carbonyl (C=O) groups is 1. The molecule has 1 saturated carbocycles. The maximum absolute atomic E-state index is 11.7. The quantitative estimate of drug-likeness (QED) is 0.634. The lowest BCUT2D eigenvalue weighted by atomic mass is 9.84. The van der Waals surface area contributed by atoms with Gasteiger partial charge < -0.3 is 20.7 Å².